The molecule has 0 bridgehead atoms. The van der Waals surface area contributed by atoms with Crippen molar-refractivity contribution in [2.24, 2.45) is 0 Å². The van der Waals surface area contributed by atoms with Gasteiger partial charge in [-0.1, -0.05) is 30.7 Å². The van der Waals surface area contributed by atoms with Crippen LogP contribution in [-0.4, -0.2) is 6.54 Å². The predicted molar refractivity (Wildman–Crippen MR) is 88.3 cm³/mol. The van der Waals surface area contributed by atoms with Crippen LogP contribution in [0.2, 0.25) is 5.02 Å². The molecule has 0 aliphatic heterocycles. The van der Waals surface area contributed by atoms with Gasteiger partial charge in [-0.3, -0.25) is 0 Å². The van der Waals surface area contributed by atoms with Gasteiger partial charge in [0.05, 0.1) is 9.83 Å². The lowest BCUT2D eigenvalue weighted by Crippen LogP contribution is -2.22. The van der Waals surface area contributed by atoms with Gasteiger partial charge >= 0.3 is 0 Å². The fraction of sp³-hybridized carbons (Fsp3) is 0.333. The van der Waals surface area contributed by atoms with Crippen LogP contribution in [0, 0.1) is 6.92 Å². The van der Waals surface area contributed by atoms with Crippen molar-refractivity contribution < 1.29 is 0 Å². The van der Waals surface area contributed by atoms with Crippen LogP contribution in [0.15, 0.2) is 34.1 Å². The molecule has 1 unspecified atom stereocenters. The Labute approximate surface area is 132 Å². The van der Waals surface area contributed by atoms with Crippen molar-refractivity contribution in [3.05, 3.63) is 55.1 Å². The molecule has 0 spiro atoms. The minimum atomic E-state index is 0.217. The summed E-state index contributed by atoms with van der Waals surface area (Å²) in [7, 11) is 0. The standard InChI is InChI=1S/C15H17BrClNS/c1-3-8-18-15(13-6-7-14(16)19-13)11-5-4-10(2)12(17)9-11/h4-7,9,15,18H,3,8H2,1-2H3. The first-order valence-electron chi connectivity index (χ1n) is 6.36. The van der Waals surface area contributed by atoms with E-state index >= 15 is 0 Å². The Morgan fingerprint density at radius 2 is 2.11 bits per heavy atom. The number of hydrogen-bond donors (Lipinski definition) is 1. The lowest BCUT2D eigenvalue weighted by molar-refractivity contribution is 0.606. The van der Waals surface area contributed by atoms with Crippen molar-refractivity contribution in [1.82, 2.24) is 5.32 Å². The smallest absolute Gasteiger partial charge is 0.0702 e. The highest BCUT2D eigenvalue weighted by atomic mass is 79.9. The van der Waals surface area contributed by atoms with E-state index in [1.807, 2.05) is 6.92 Å². The molecule has 1 N–H and O–H groups in total. The number of thiophene rings is 1. The highest BCUT2D eigenvalue weighted by Crippen LogP contribution is 2.32. The topological polar surface area (TPSA) is 12.0 Å². The molecule has 0 fully saturated rings. The number of nitrogens with one attached hydrogen (secondary N) is 1. The van der Waals surface area contributed by atoms with Crippen LogP contribution < -0.4 is 5.32 Å². The van der Waals surface area contributed by atoms with E-state index in [-0.39, 0.29) is 6.04 Å². The molecule has 1 nitrogen and oxygen atoms in total. The summed E-state index contributed by atoms with van der Waals surface area (Å²) >= 11 is 11.5. The molecular formula is C15H17BrClNS. The Morgan fingerprint density at radius 3 is 2.68 bits per heavy atom. The molecule has 4 heteroatoms. The minimum absolute atomic E-state index is 0.217. The second-order valence-electron chi connectivity index (χ2n) is 4.54. The first-order valence-corrected chi connectivity index (χ1v) is 8.35. The van der Waals surface area contributed by atoms with Crippen LogP contribution in [0.4, 0.5) is 0 Å². The van der Waals surface area contributed by atoms with Crippen molar-refractivity contribution in [1.29, 1.82) is 0 Å². The van der Waals surface area contributed by atoms with Crippen molar-refractivity contribution in [2.45, 2.75) is 26.3 Å². The van der Waals surface area contributed by atoms with E-state index < -0.39 is 0 Å². The fourth-order valence-corrected chi connectivity index (χ4v) is 3.66. The molecule has 102 valence electrons. The second kappa shape index (κ2) is 6.89. The van der Waals surface area contributed by atoms with Crippen LogP contribution in [0.25, 0.3) is 0 Å². The Morgan fingerprint density at radius 1 is 1.32 bits per heavy atom. The largest absolute Gasteiger partial charge is 0.306 e. The molecular weight excluding hydrogens is 342 g/mol. The molecule has 0 saturated carbocycles. The maximum atomic E-state index is 6.25. The average Bonchev–Trinajstić information content (AvgIpc) is 2.80. The molecule has 19 heavy (non-hydrogen) atoms. The van der Waals surface area contributed by atoms with Gasteiger partial charge in [0, 0.05) is 9.90 Å². The van der Waals surface area contributed by atoms with Gasteiger partial charge in [-0.05, 0) is 65.1 Å². The summed E-state index contributed by atoms with van der Waals surface area (Å²) < 4.78 is 1.16. The van der Waals surface area contributed by atoms with E-state index in [0.29, 0.717) is 0 Å². The third-order valence-corrected chi connectivity index (χ3v) is 5.10. The van der Waals surface area contributed by atoms with Gasteiger partial charge in [0.1, 0.15) is 0 Å². The van der Waals surface area contributed by atoms with Gasteiger partial charge in [0.2, 0.25) is 0 Å². The third-order valence-electron chi connectivity index (χ3n) is 3.01. The van der Waals surface area contributed by atoms with E-state index in [9.17, 15) is 0 Å². The highest BCUT2D eigenvalue weighted by molar-refractivity contribution is 9.11. The number of aryl methyl sites for hydroxylation is 1. The summed E-state index contributed by atoms with van der Waals surface area (Å²) in [6.07, 6.45) is 1.11. The molecule has 0 amide bonds. The van der Waals surface area contributed by atoms with Crippen molar-refractivity contribution in [3.63, 3.8) is 0 Å². The Hall–Kier alpha value is -0.350. The molecule has 2 aromatic rings. The first-order chi connectivity index (χ1) is 9.11. The van der Waals surface area contributed by atoms with E-state index in [0.717, 1.165) is 27.3 Å². The Kier molecular flexibility index (Phi) is 5.46. The highest BCUT2D eigenvalue weighted by Gasteiger charge is 2.16. The SMILES string of the molecule is CCCNC(c1ccc(C)c(Cl)c1)c1ccc(Br)s1. The van der Waals surface area contributed by atoms with E-state index in [2.05, 4.69) is 58.5 Å². The molecule has 1 atom stereocenters. The molecule has 0 radical (unpaired) electrons. The molecule has 2 rings (SSSR count). The molecule has 0 aliphatic rings. The van der Waals surface area contributed by atoms with Crippen molar-refractivity contribution >= 4 is 38.9 Å². The van der Waals surface area contributed by atoms with E-state index in [1.165, 1.54) is 10.4 Å². The zero-order valence-electron chi connectivity index (χ0n) is 11.0. The zero-order chi connectivity index (χ0) is 13.8. The van der Waals surface area contributed by atoms with E-state index in [4.69, 9.17) is 11.6 Å². The normalized spacial score (nSPS) is 12.6. The predicted octanol–water partition coefficient (Wildman–Crippen LogP) is 5.56. The maximum Gasteiger partial charge on any atom is 0.0702 e. The molecule has 1 aromatic heterocycles. The second-order valence-corrected chi connectivity index (χ2v) is 7.44. The summed E-state index contributed by atoms with van der Waals surface area (Å²) in [5.41, 5.74) is 2.34. The van der Waals surface area contributed by atoms with Gasteiger partial charge in [-0.2, -0.15) is 0 Å². The quantitative estimate of drug-likeness (QED) is 0.737. The monoisotopic (exact) mass is 357 g/mol. The number of rotatable bonds is 5. The number of hydrogen-bond acceptors (Lipinski definition) is 2. The Balaban J connectivity index is 2.33. The van der Waals surface area contributed by atoms with Crippen molar-refractivity contribution in [3.8, 4) is 0 Å². The lowest BCUT2D eigenvalue weighted by atomic mass is 10.0. The van der Waals surface area contributed by atoms with Crippen LogP contribution in [0.5, 0.6) is 0 Å². The summed E-state index contributed by atoms with van der Waals surface area (Å²) in [5, 5.41) is 4.42. The summed E-state index contributed by atoms with van der Waals surface area (Å²) in [6, 6.07) is 10.8. The van der Waals surface area contributed by atoms with Crippen LogP contribution in [0.3, 0.4) is 0 Å². The molecule has 1 heterocycles. The van der Waals surface area contributed by atoms with Crippen LogP contribution in [-0.2, 0) is 0 Å². The van der Waals surface area contributed by atoms with Gasteiger partial charge in [-0.15, -0.1) is 11.3 Å². The minimum Gasteiger partial charge on any atom is -0.306 e. The fourth-order valence-electron chi connectivity index (χ4n) is 1.94. The summed E-state index contributed by atoms with van der Waals surface area (Å²) in [6.45, 7) is 5.20. The van der Waals surface area contributed by atoms with Crippen molar-refractivity contribution in [2.75, 3.05) is 6.54 Å². The van der Waals surface area contributed by atoms with Crippen LogP contribution in [0.1, 0.15) is 35.4 Å². The number of halogens is 2. The summed E-state index contributed by atoms with van der Waals surface area (Å²) in [4.78, 5) is 1.31. The lowest BCUT2D eigenvalue weighted by Gasteiger charge is -2.18. The maximum absolute atomic E-state index is 6.25. The van der Waals surface area contributed by atoms with Gasteiger partial charge in [0.25, 0.3) is 0 Å². The summed E-state index contributed by atoms with van der Waals surface area (Å²) in [5.74, 6) is 0. The third kappa shape index (κ3) is 3.82. The van der Waals surface area contributed by atoms with Gasteiger partial charge in [0.15, 0.2) is 0 Å². The number of benzene rings is 1. The average molecular weight is 359 g/mol. The van der Waals surface area contributed by atoms with Gasteiger partial charge < -0.3 is 5.32 Å². The molecule has 0 saturated heterocycles. The van der Waals surface area contributed by atoms with Gasteiger partial charge in [-0.25, -0.2) is 0 Å². The molecule has 0 aliphatic carbocycles. The first kappa shape index (κ1) is 15.0. The van der Waals surface area contributed by atoms with Crippen LogP contribution >= 0.6 is 38.9 Å². The van der Waals surface area contributed by atoms with E-state index in [1.54, 1.807) is 11.3 Å². The Bertz CT molecular complexity index is 553. The zero-order valence-corrected chi connectivity index (χ0v) is 14.2. The molecule has 1 aromatic carbocycles.